The van der Waals surface area contributed by atoms with Crippen LogP contribution in [0.2, 0.25) is 0 Å². The van der Waals surface area contributed by atoms with E-state index in [0.29, 0.717) is 12.8 Å². The van der Waals surface area contributed by atoms with Crippen molar-refractivity contribution in [3.8, 4) is 11.5 Å². The standard InChI is InChI=1S/C36H34O7/c37-34(29-18-10-11-19-30(29)36(40)43-24-27-16-8-3-9-17-27)33-31(41-22-25-12-4-1-5-13-25)20-28(35(38)39)21-32(33)42-23-26-14-6-2-7-15-26/h1-9,12-17,20-21,29-30H,10-11,18-19,22-24H2,(H,38,39)/t29-,30-/m0/s1. The highest BCUT2D eigenvalue weighted by atomic mass is 16.5. The molecular formula is C36H34O7. The minimum absolute atomic E-state index is 0.0647. The first kappa shape index (κ1) is 29.6. The highest BCUT2D eigenvalue weighted by Gasteiger charge is 2.39. The molecule has 0 amide bonds. The minimum Gasteiger partial charge on any atom is -0.488 e. The van der Waals surface area contributed by atoms with Crippen molar-refractivity contribution in [3.63, 3.8) is 0 Å². The van der Waals surface area contributed by atoms with Gasteiger partial charge in [0.05, 0.1) is 11.5 Å². The van der Waals surface area contributed by atoms with E-state index in [9.17, 15) is 19.5 Å². The summed E-state index contributed by atoms with van der Waals surface area (Å²) in [5.74, 6) is -2.98. The third-order valence-electron chi connectivity index (χ3n) is 7.66. The highest BCUT2D eigenvalue weighted by Crippen LogP contribution is 2.40. The average molecular weight is 579 g/mol. The predicted octanol–water partition coefficient (Wildman–Crippen LogP) is 7.28. The van der Waals surface area contributed by atoms with E-state index in [1.807, 2.05) is 91.0 Å². The largest absolute Gasteiger partial charge is 0.488 e. The maximum atomic E-state index is 14.4. The van der Waals surface area contributed by atoms with Crippen molar-refractivity contribution in [3.05, 3.63) is 131 Å². The number of esters is 1. The predicted molar refractivity (Wildman–Crippen MR) is 161 cm³/mol. The van der Waals surface area contributed by atoms with E-state index in [1.165, 1.54) is 12.1 Å². The van der Waals surface area contributed by atoms with Crippen LogP contribution in [0.4, 0.5) is 0 Å². The summed E-state index contributed by atoms with van der Waals surface area (Å²) < 4.78 is 18.0. The smallest absolute Gasteiger partial charge is 0.335 e. The number of carboxylic acids is 1. The minimum atomic E-state index is -1.17. The van der Waals surface area contributed by atoms with Crippen molar-refractivity contribution in [1.29, 1.82) is 0 Å². The number of rotatable bonds is 12. The van der Waals surface area contributed by atoms with Gasteiger partial charge in [0.1, 0.15) is 36.9 Å². The Hall–Kier alpha value is -4.91. The Labute approximate surface area is 251 Å². The summed E-state index contributed by atoms with van der Waals surface area (Å²) in [6.45, 7) is 0.367. The Morgan fingerprint density at radius 2 is 1.07 bits per heavy atom. The summed E-state index contributed by atoms with van der Waals surface area (Å²) in [6, 6.07) is 31.0. The summed E-state index contributed by atoms with van der Waals surface area (Å²) >= 11 is 0. The summed E-state index contributed by atoms with van der Waals surface area (Å²) in [5.41, 5.74) is 2.66. The fourth-order valence-corrected chi connectivity index (χ4v) is 5.40. The third kappa shape index (κ3) is 7.68. The van der Waals surface area contributed by atoms with Crippen LogP contribution in [0.25, 0.3) is 0 Å². The van der Waals surface area contributed by atoms with Crippen LogP contribution in [0.1, 0.15) is 63.1 Å². The molecule has 7 heteroatoms. The van der Waals surface area contributed by atoms with Crippen LogP contribution < -0.4 is 9.47 Å². The second-order valence-corrected chi connectivity index (χ2v) is 10.7. The van der Waals surface area contributed by atoms with Crippen LogP contribution >= 0.6 is 0 Å². The first-order valence-corrected chi connectivity index (χ1v) is 14.5. The van der Waals surface area contributed by atoms with Gasteiger partial charge in [-0.1, -0.05) is 104 Å². The molecule has 4 aromatic carbocycles. The van der Waals surface area contributed by atoms with Crippen molar-refractivity contribution < 1.29 is 33.7 Å². The number of benzene rings is 4. The van der Waals surface area contributed by atoms with Gasteiger partial charge in [0, 0.05) is 5.92 Å². The Morgan fingerprint density at radius 1 is 0.628 bits per heavy atom. The zero-order valence-electron chi connectivity index (χ0n) is 23.8. The van der Waals surface area contributed by atoms with E-state index in [-0.39, 0.29) is 48.2 Å². The number of carbonyl (C=O) groups is 3. The van der Waals surface area contributed by atoms with Crippen LogP contribution in [-0.4, -0.2) is 22.8 Å². The second kappa shape index (κ2) is 14.3. The Kier molecular flexibility index (Phi) is 9.85. The van der Waals surface area contributed by atoms with E-state index in [1.54, 1.807) is 0 Å². The number of hydrogen-bond donors (Lipinski definition) is 1. The lowest BCUT2D eigenvalue weighted by atomic mass is 9.75. The first-order valence-electron chi connectivity index (χ1n) is 14.5. The number of ether oxygens (including phenoxy) is 3. The van der Waals surface area contributed by atoms with Gasteiger partial charge in [-0.25, -0.2) is 4.79 Å². The van der Waals surface area contributed by atoms with Crippen LogP contribution in [0.3, 0.4) is 0 Å². The molecule has 2 atom stereocenters. The molecule has 0 spiro atoms. The number of carboxylic acid groups (broad SMARTS) is 1. The molecule has 1 aliphatic rings. The number of ketones is 1. The maximum absolute atomic E-state index is 14.4. The molecule has 1 saturated carbocycles. The molecule has 7 nitrogen and oxygen atoms in total. The molecule has 43 heavy (non-hydrogen) atoms. The van der Waals surface area contributed by atoms with Gasteiger partial charge in [-0.05, 0) is 41.7 Å². The number of aromatic carboxylic acids is 1. The number of Topliss-reactive ketones (excluding diaryl/α,β-unsaturated/α-hetero) is 1. The Bertz CT molecular complexity index is 1470. The molecule has 5 rings (SSSR count). The van der Waals surface area contributed by atoms with Crippen molar-refractivity contribution in [1.82, 2.24) is 0 Å². The van der Waals surface area contributed by atoms with Crippen molar-refractivity contribution >= 4 is 17.7 Å². The van der Waals surface area contributed by atoms with Crippen LogP contribution in [0.15, 0.2) is 103 Å². The van der Waals surface area contributed by atoms with E-state index in [0.717, 1.165) is 29.5 Å². The van der Waals surface area contributed by atoms with Crippen molar-refractivity contribution in [2.45, 2.75) is 45.5 Å². The number of hydrogen-bond acceptors (Lipinski definition) is 6. The van der Waals surface area contributed by atoms with Gasteiger partial charge < -0.3 is 19.3 Å². The van der Waals surface area contributed by atoms with Gasteiger partial charge in [0.25, 0.3) is 0 Å². The molecule has 1 N–H and O–H groups in total. The molecule has 0 heterocycles. The fraction of sp³-hybridized carbons (Fsp3) is 0.250. The van der Waals surface area contributed by atoms with E-state index < -0.39 is 23.8 Å². The summed E-state index contributed by atoms with van der Waals surface area (Å²) in [4.78, 5) is 39.9. The molecule has 0 bridgehead atoms. The topological polar surface area (TPSA) is 99.1 Å². The summed E-state index contributed by atoms with van der Waals surface area (Å²) in [5, 5.41) is 9.89. The van der Waals surface area contributed by atoms with Gasteiger partial charge in [-0.15, -0.1) is 0 Å². The van der Waals surface area contributed by atoms with Crippen molar-refractivity contribution in [2.75, 3.05) is 0 Å². The summed E-state index contributed by atoms with van der Waals surface area (Å²) in [6.07, 6.45) is 2.62. The molecule has 0 unspecified atom stereocenters. The van der Waals surface area contributed by atoms with Crippen molar-refractivity contribution in [2.24, 2.45) is 11.8 Å². The van der Waals surface area contributed by atoms with Crippen LogP contribution in [0, 0.1) is 11.8 Å². The maximum Gasteiger partial charge on any atom is 0.335 e. The SMILES string of the molecule is O=C(O)c1cc(OCc2ccccc2)c(C(=O)[C@H]2CCCC[C@@H]2C(=O)OCc2ccccc2)c(OCc2ccccc2)c1. The molecule has 0 saturated heterocycles. The molecule has 0 radical (unpaired) electrons. The zero-order chi connectivity index (χ0) is 30.0. The molecule has 0 aromatic heterocycles. The zero-order valence-corrected chi connectivity index (χ0v) is 23.8. The van der Waals surface area contributed by atoms with E-state index in [4.69, 9.17) is 14.2 Å². The lowest BCUT2D eigenvalue weighted by Crippen LogP contribution is -2.34. The third-order valence-corrected chi connectivity index (χ3v) is 7.66. The van der Waals surface area contributed by atoms with E-state index >= 15 is 0 Å². The Morgan fingerprint density at radius 3 is 1.53 bits per heavy atom. The second-order valence-electron chi connectivity index (χ2n) is 10.7. The van der Waals surface area contributed by atoms with Crippen LogP contribution in [-0.2, 0) is 29.4 Å². The number of carbonyl (C=O) groups excluding carboxylic acids is 2. The normalized spacial score (nSPS) is 16.2. The van der Waals surface area contributed by atoms with Gasteiger partial charge in [-0.2, -0.15) is 0 Å². The van der Waals surface area contributed by atoms with Gasteiger partial charge in [-0.3, -0.25) is 9.59 Å². The molecule has 220 valence electrons. The molecule has 0 aliphatic heterocycles. The quantitative estimate of drug-likeness (QED) is 0.139. The Balaban J connectivity index is 1.48. The first-order chi connectivity index (χ1) is 21.0. The molecule has 4 aromatic rings. The fourth-order valence-electron chi connectivity index (χ4n) is 5.40. The highest BCUT2D eigenvalue weighted by molar-refractivity contribution is 6.05. The van der Waals surface area contributed by atoms with Gasteiger partial charge in [0.15, 0.2) is 5.78 Å². The van der Waals surface area contributed by atoms with Crippen LogP contribution in [0.5, 0.6) is 11.5 Å². The average Bonchev–Trinajstić information content (AvgIpc) is 3.06. The lowest BCUT2D eigenvalue weighted by molar-refractivity contribution is -0.152. The van der Waals surface area contributed by atoms with Gasteiger partial charge >= 0.3 is 11.9 Å². The lowest BCUT2D eigenvalue weighted by Gasteiger charge is -2.30. The van der Waals surface area contributed by atoms with E-state index in [2.05, 4.69) is 0 Å². The monoisotopic (exact) mass is 578 g/mol. The van der Waals surface area contributed by atoms with Gasteiger partial charge in [0.2, 0.25) is 0 Å². The molecule has 1 aliphatic carbocycles. The summed E-state index contributed by atoms with van der Waals surface area (Å²) in [7, 11) is 0. The molecular weight excluding hydrogens is 544 g/mol. The molecule has 1 fully saturated rings.